The molecule has 3 fully saturated rings. The van der Waals surface area contributed by atoms with Gasteiger partial charge in [-0.25, -0.2) is 0 Å². The number of morpholine rings is 1. The molecule has 1 saturated heterocycles. The fraction of sp³-hybridized carbons (Fsp3) is 1.00. The van der Waals surface area contributed by atoms with E-state index in [1.807, 2.05) is 0 Å². The Morgan fingerprint density at radius 2 is 1.95 bits per heavy atom. The molecule has 0 bridgehead atoms. The van der Waals surface area contributed by atoms with Crippen LogP contribution in [0.15, 0.2) is 0 Å². The van der Waals surface area contributed by atoms with Crippen LogP contribution < -0.4 is 5.32 Å². The minimum absolute atomic E-state index is 0.216. The SMILES string of the molecule is CC1(C)COCCN1CC1(CNC2CC2)CCCC1. The van der Waals surface area contributed by atoms with Crippen LogP contribution in [0.4, 0.5) is 0 Å². The van der Waals surface area contributed by atoms with Crippen molar-refractivity contribution in [2.45, 2.75) is 64.0 Å². The summed E-state index contributed by atoms with van der Waals surface area (Å²) in [4.78, 5) is 2.69. The van der Waals surface area contributed by atoms with Gasteiger partial charge in [-0.3, -0.25) is 4.90 Å². The van der Waals surface area contributed by atoms with Crippen molar-refractivity contribution >= 4 is 0 Å². The number of hydrogen-bond donors (Lipinski definition) is 1. The third-order valence-corrected chi connectivity index (χ3v) is 5.35. The molecule has 1 heterocycles. The lowest BCUT2D eigenvalue weighted by Gasteiger charge is -2.46. The smallest absolute Gasteiger partial charge is 0.0645 e. The van der Waals surface area contributed by atoms with E-state index in [1.54, 1.807) is 0 Å². The summed E-state index contributed by atoms with van der Waals surface area (Å²) >= 11 is 0. The summed E-state index contributed by atoms with van der Waals surface area (Å²) in [5.41, 5.74) is 0.755. The Morgan fingerprint density at radius 1 is 1.21 bits per heavy atom. The quantitative estimate of drug-likeness (QED) is 0.827. The summed E-state index contributed by atoms with van der Waals surface area (Å²) < 4.78 is 5.66. The average molecular weight is 266 g/mol. The summed E-state index contributed by atoms with van der Waals surface area (Å²) in [6.07, 6.45) is 8.49. The highest BCUT2D eigenvalue weighted by atomic mass is 16.5. The van der Waals surface area contributed by atoms with Crippen LogP contribution >= 0.6 is 0 Å². The van der Waals surface area contributed by atoms with Gasteiger partial charge >= 0.3 is 0 Å². The summed E-state index contributed by atoms with van der Waals surface area (Å²) in [5.74, 6) is 0. The molecular formula is C16H30N2O. The molecule has 0 aromatic heterocycles. The second kappa shape index (κ2) is 5.34. The fourth-order valence-electron chi connectivity index (χ4n) is 3.75. The second-order valence-corrected chi connectivity index (χ2v) is 7.65. The highest BCUT2D eigenvalue weighted by Crippen LogP contribution is 2.40. The normalized spacial score (nSPS) is 30.6. The monoisotopic (exact) mass is 266 g/mol. The first-order valence-corrected chi connectivity index (χ1v) is 8.16. The van der Waals surface area contributed by atoms with Crippen LogP contribution in [0.5, 0.6) is 0 Å². The molecule has 0 atom stereocenters. The van der Waals surface area contributed by atoms with E-state index >= 15 is 0 Å². The van der Waals surface area contributed by atoms with Crippen LogP contribution in [0.25, 0.3) is 0 Å². The summed E-state index contributed by atoms with van der Waals surface area (Å²) in [6.45, 7) is 10.1. The molecule has 2 saturated carbocycles. The van der Waals surface area contributed by atoms with E-state index in [4.69, 9.17) is 4.74 Å². The van der Waals surface area contributed by atoms with E-state index in [2.05, 4.69) is 24.1 Å². The predicted molar refractivity (Wildman–Crippen MR) is 78.4 cm³/mol. The molecule has 0 amide bonds. The van der Waals surface area contributed by atoms with Crippen molar-refractivity contribution in [1.29, 1.82) is 0 Å². The van der Waals surface area contributed by atoms with Gasteiger partial charge in [0.2, 0.25) is 0 Å². The van der Waals surface area contributed by atoms with Crippen molar-refractivity contribution in [3.05, 3.63) is 0 Å². The van der Waals surface area contributed by atoms with Crippen LogP contribution in [0.3, 0.4) is 0 Å². The molecule has 110 valence electrons. The van der Waals surface area contributed by atoms with Gasteiger partial charge in [-0.1, -0.05) is 12.8 Å². The molecule has 3 heteroatoms. The van der Waals surface area contributed by atoms with Crippen molar-refractivity contribution in [1.82, 2.24) is 10.2 Å². The van der Waals surface area contributed by atoms with Crippen LogP contribution in [-0.2, 0) is 4.74 Å². The van der Waals surface area contributed by atoms with E-state index in [0.717, 1.165) is 25.8 Å². The third-order valence-electron chi connectivity index (χ3n) is 5.35. The van der Waals surface area contributed by atoms with Gasteiger partial charge in [-0.05, 0) is 44.9 Å². The molecule has 2 aliphatic carbocycles. The van der Waals surface area contributed by atoms with Gasteiger partial charge in [-0.2, -0.15) is 0 Å². The maximum absolute atomic E-state index is 5.66. The van der Waals surface area contributed by atoms with Gasteiger partial charge in [-0.15, -0.1) is 0 Å². The zero-order valence-corrected chi connectivity index (χ0v) is 12.7. The number of ether oxygens (including phenoxy) is 1. The van der Waals surface area contributed by atoms with Gasteiger partial charge in [0, 0.05) is 31.2 Å². The van der Waals surface area contributed by atoms with Crippen molar-refractivity contribution in [2.75, 3.05) is 32.8 Å². The topological polar surface area (TPSA) is 24.5 Å². The first-order chi connectivity index (χ1) is 9.10. The zero-order valence-electron chi connectivity index (χ0n) is 12.7. The minimum atomic E-state index is 0.216. The van der Waals surface area contributed by atoms with Crippen molar-refractivity contribution < 1.29 is 4.74 Å². The van der Waals surface area contributed by atoms with Crippen LogP contribution in [-0.4, -0.2) is 49.3 Å². The molecule has 3 rings (SSSR count). The standard InChI is InChI=1S/C16H30N2O/c1-15(2)13-19-10-9-18(15)12-16(7-3-4-8-16)11-17-14-5-6-14/h14,17H,3-13H2,1-2H3. The number of nitrogens with zero attached hydrogens (tertiary/aromatic N) is 1. The number of rotatable bonds is 5. The first kappa shape index (κ1) is 13.8. The molecule has 3 nitrogen and oxygen atoms in total. The average Bonchev–Trinajstić information content (AvgIpc) is 3.10. The van der Waals surface area contributed by atoms with E-state index in [0.29, 0.717) is 5.41 Å². The lowest BCUT2D eigenvalue weighted by atomic mass is 9.83. The predicted octanol–water partition coefficient (Wildman–Crippen LogP) is 2.41. The van der Waals surface area contributed by atoms with Crippen molar-refractivity contribution in [2.24, 2.45) is 5.41 Å². The van der Waals surface area contributed by atoms with Crippen LogP contribution in [0, 0.1) is 5.41 Å². The molecule has 0 radical (unpaired) electrons. The molecular weight excluding hydrogens is 236 g/mol. The molecule has 0 unspecified atom stereocenters. The lowest BCUT2D eigenvalue weighted by Crippen LogP contribution is -2.57. The van der Waals surface area contributed by atoms with Gasteiger partial charge in [0.25, 0.3) is 0 Å². The minimum Gasteiger partial charge on any atom is -0.378 e. The van der Waals surface area contributed by atoms with E-state index in [-0.39, 0.29) is 5.54 Å². The first-order valence-electron chi connectivity index (χ1n) is 8.16. The molecule has 1 aliphatic heterocycles. The molecule has 1 N–H and O–H groups in total. The summed E-state index contributed by atoms with van der Waals surface area (Å²) in [5, 5.41) is 3.80. The maximum atomic E-state index is 5.66. The highest BCUT2D eigenvalue weighted by molar-refractivity contribution is 4.96. The maximum Gasteiger partial charge on any atom is 0.0645 e. The Kier molecular flexibility index (Phi) is 3.89. The molecule has 0 aromatic rings. The van der Waals surface area contributed by atoms with Crippen LogP contribution in [0.2, 0.25) is 0 Å². The molecule has 3 aliphatic rings. The molecule has 19 heavy (non-hydrogen) atoms. The van der Waals surface area contributed by atoms with Gasteiger partial charge in [0.15, 0.2) is 0 Å². The Hall–Kier alpha value is -0.120. The van der Waals surface area contributed by atoms with Gasteiger partial charge in [0.1, 0.15) is 0 Å². The number of hydrogen-bond acceptors (Lipinski definition) is 3. The molecule has 0 spiro atoms. The highest BCUT2D eigenvalue weighted by Gasteiger charge is 2.41. The van der Waals surface area contributed by atoms with Crippen molar-refractivity contribution in [3.63, 3.8) is 0 Å². The van der Waals surface area contributed by atoms with Crippen LogP contribution in [0.1, 0.15) is 52.4 Å². The second-order valence-electron chi connectivity index (χ2n) is 7.65. The Labute approximate surface area is 118 Å². The number of nitrogens with one attached hydrogen (secondary N) is 1. The lowest BCUT2D eigenvalue weighted by molar-refractivity contribution is -0.0676. The third kappa shape index (κ3) is 3.32. The Morgan fingerprint density at radius 3 is 2.58 bits per heavy atom. The van der Waals surface area contributed by atoms with Gasteiger partial charge in [0.05, 0.1) is 13.2 Å². The largest absolute Gasteiger partial charge is 0.378 e. The van der Waals surface area contributed by atoms with E-state index < -0.39 is 0 Å². The molecule has 0 aromatic carbocycles. The van der Waals surface area contributed by atoms with E-state index in [1.165, 1.54) is 51.6 Å². The van der Waals surface area contributed by atoms with E-state index in [9.17, 15) is 0 Å². The Balaban J connectivity index is 1.62. The zero-order chi connectivity index (χ0) is 13.3. The summed E-state index contributed by atoms with van der Waals surface area (Å²) in [7, 11) is 0. The Bertz CT molecular complexity index is 306. The summed E-state index contributed by atoms with van der Waals surface area (Å²) in [6, 6.07) is 0.843. The van der Waals surface area contributed by atoms with Gasteiger partial charge < -0.3 is 10.1 Å². The fourth-order valence-corrected chi connectivity index (χ4v) is 3.75. The van der Waals surface area contributed by atoms with Crippen molar-refractivity contribution in [3.8, 4) is 0 Å².